The van der Waals surface area contributed by atoms with E-state index in [1.807, 2.05) is 54.6 Å². The lowest BCUT2D eigenvalue weighted by Crippen LogP contribution is -2.34. The monoisotopic (exact) mass is 355 g/mol. The van der Waals surface area contributed by atoms with Gasteiger partial charge in [-0.1, -0.05) is 30.3 Å². The third-order valence-electron chi connectivity index (χ3n) is 3.27. The Labute approximate surface area is 153 Å². The van der Waals surface area contributed by atoms with Crippen molar-refractivity contribution in [3.05, 3.63) is 54.6 Å². The summed E-state index contributed by atoms with van der Waals surface area (Å²) in [6.07, 6.45) is -0.379. The van der Waals surface area contributed by atoms with Gasteiger partial charge < -0.3 is 20.7 Å². The van der Waals surface area contributed by atoms with E-state index in [1.165, 1.54) is 0 Å². The predicted molar refractivity (Wildman–Crippen MR) is 104 cm³/mol. The Balaban J connectivity index is 1.86. The summed E-state index contributed by atoms with van der Waals surface area (Å²) in [5.41, 5.74) is 1.85. The molecule has 0 aliphatic rings. The molecule has 0 aromatic heterocycles. The number of carbonyl (C=O) groups excluding carboxylic acids is 2. The number of anilines is 3. The topological polar surface area (TPSA) is 79.5 Å². The van der Waals surface area contributed by atoms with Crippen molar-refractivity contribution < 1.29 is 14.3 Å². The SMILES string of the molecule is CC(C)(C)OC(=O)NCCC(=O)Nc1ccccc1Nc1ccccc1. The summed E-state index contributed by atoms with van der Waals surface area (Å²) < 4.78 is 5.13. The maximum atomic E-state index is 12.2. The molecule has 0 saturated carbocycles. The van der Waals surface area contributed by atoms with E-state index < -0.39 is 11.7 Å². The Hall–Kier alpha value is -3.02. The number of hydrogen-bond acceptors (Lipinski definition) is 4. The smallest absolute Gasteiger partial charge is 0.407 e. The average molecular weight is 355 g/mol. The van der Waals surface area contributed by atoms with Crippen LogP contribution in [0.2, 0.25) is 0 Å². The fourth-order valence-corrected chi connectivity index (χ4v) is 2.18. The number of hydrogen-bond donors (Lipinski definition) is 3. The Morgan fingerprint density at radius 1 is 0.923 bits per heavy atom. The molecule has 0 unspecified atom stereocenters. The molecule has 2 aromatic rings. The van der Waals surface area contributed by atoms with E-state index in [2.05, 4.69) is 16.0 Å². The van der Waals surface area contributed by atoms with Gasteiger partial charge in [0, 0.05) is 18.7 Å². The van der Waals surface area contributed by atoms with Crippen LogP contribution in [0.4, 0.5) is 21.9 Å². The minimum absolute atomic E-state index is 0.152. The quantitative estimate of drug-likeness (QED) is 0.722. The highest BCUT2D eigenvalue weighted by Crippen LogP contribution is 2.25. The van der Waals surface area contributed by atoms with E-state index >= 15 is 0 Å². The number of nitrogens with one attached hydrogen (secondary N) is 3. The third-order valence-corrected chi connectivity index (χ3v) is 3.27. The van der Waals surface area contributed by atoms with Crippen molar-refractivity contribution in [1.82, 2.24) is 5.32 Å². The van der Waals surface area contributed by atoms with Crippen LogP contribution < -0.4 is 16.0 Å². The van der Waals surface area contributed by atoms with Gasteiger partial charge in [0.25, 0.3) is 0 Å². The molecule has 0 radical (unpaired) electrons. The van der Waals surface area contributed by atoms with Gasteiger partial charge in [0.15, 0.2) is 0 Å². The van der Waals surface area contributed by atoms with Crippen LogP contribution in [-0.4, -0.2) is 24.1 Å². The average Bonchev–Trinajstić information content (AvgIpc) is 2.56. The van der Waals surface area contributed by atoms with Crippen LogP contribution in [0, 0.1) is 0 Å². The first-order chi connectivity index (χ1) is 12.3. The summed E-state index contributed by atoms with van der Waals surface area (Å²) in [6.45, 7) is 5.57. The second-order valence-electron chi connectivity index (χ2n) is 6.76. The third kappa shape index (κ3) is 6.84. The van der Waals surface area contributed by atoms with Crippen molar-refractivity contribution >= 4 is 29.1 Å². The Morgan fingerprint density at radius 3 is 2.19 bits per heavy atom. The first kappa shape index (κ1) is 19.3. The lowest BCUT2D eigenvalue weighted by Gasteiger charge is -2.19. The van der Waals surface area contributed by atoms with Gasteiger partial charge in [0.05, 0.1) is 11.4 Å². The lowest BCUT2D eigenvalue weighted by molar-refractivity contribution is -0.116. The summed E-state index contributed by atoms with van der Waals surface area (Å²) in [5, 5.41) is 8.71. The first-order valence-corrected chi connectivity index (χ1v) is 8.51. The van der Waals surface area contributed by atoms with Crippen LogP contribution in [-0.2, 0) is 9.53 Å². The molecule has 0 aliphatic heterocycles. The van der Waals surface area contributed by atoms with Crippen molar-refractivity contribution in [1.29, 1.82) is 0 Å². The van der Waals surface area contributed by atoms with Crippen LogP contribution in [0.1, 0.15) is 27.2 Å². The number of ether oxygens (including phenoxy) is 1. The molecule has 138 valence electrons. The van der Waals surface area contributed by atoms with Gasteiger partial charge in [-0.3, -0.25) is 4.79 Å². The molecule has 6 nitrogen and oxygen atoms in total. The molecule has 0 bridgehead atoms. The van der Waals surface area contributed by atoms with Crippen molar-refractivity contribution in [3.8, 4) is 0 Å². The summed E-state index contributed by atoms with van der Waals surface area (Å²) in [6, 6.07) is 17.2. The molecule has 0 atom stereocenters. The standard InChI is InChI=1S/C20H25N3O3/c1-20(2,3)26-19(25)21-14-13-18(24)23-17-12-8-7-11-16(17)22-15-9-5-4-6-10-15/h4-12,22H,13-14H2,1-3H3,(H,21,25)(H,23,24). The number of para-hydroxylation sites is 3. The van der Waals surface area contributed by atoms with Crippen molar-refractivity contribution in [2.24, 2.45) is 0 Å². The van der Waals surface area contributed by atoms with Gasteiger partial charge in [0.1, 0.15) is 5.60 Å². The maximum Gasteiger partial charge on any atom is 0.407 e. The minimum Gasteiger partial charge on any atom is -0.444 e. The molecule has 2 amide bonds. The fourth-order valence-electron chi connectivity index (χ4n) is 2.18. The van der Waals surface area contributed by atoms with Crippen molar-refractivity contribution in [2.75, 3.05) is 17.2 Å². The van der Waals surface area contributed by atoms with Crippen molar-refractivity contribution in [2.45, 2.75) is 32.8 Å². The number of benzene rings is 2. The van der Waals surface area contributed by atoms with Crippen LogP contribution >= 0.6 is 0 Å². The highest BCUT2D eigenvalue weighted by Gasteiger charge is 2.16. The second kappa shape index (κ2) is 8.89. The molecule has 3 N–H and O–H groups in total. The summed E-state index contributed by atoms with van der Waals surface area (Å²) >= 11 is 0. The number of carbonyl (C=O) groups is 2. The van der Waals surface area contributed by atoms with Crippen LogP contribution in [0.3, 0.4) is 0 Å². The van der Waals surface area contributed by atoms with E-state index in [4.69, 9.17) is 4.74 Å². The van der Waals surface area contributed by atoms with E-state index in [9.17, 15) is 9.59 Å². The molecule has 0 aliphatic carbocycles. The summed E-state index contributed by atoms with van der Waals surface area (Å²) in [4.78, 5) is 23.7. The largest absolute Gasteiger partial charge is 0.444 e. The van der Waals surface area contributed by atoms with Crippen LogP contribution in [0.15, 0.2) is 54.6 Å². The first-order valence-electron chi connectivity index (χ1n) is 8.51. The highest BCUT2D eigenvalue weighted by molar-refractivity contribution is 5.95. The molecule has 2 rings (SSSR count). The number of alkyl carbamates (subject to hydrolysis) is 1. The summed E-state index contributed by atoms with van der Waals surface area (Å²) in [7, 11) is 0. The fraction of sp³-hybridized carbons (Fsp3) is 0.300. The zero-order valence-electron chi connectivity index (χ0n) is 15.3. The van der Waals surface area contributed by atoms with Crippen LogP contribution in [0.5, 0.6) is 0 Å². The zero-order chi connectivity index (χ0) is 19.0. The van der Waals surface area contributed by atoms with Gasteiger partial charge in [-0.2, -0.15) is 0 Å². The molecule has 0 saturated heterocycles. The van der Waals surface area contributed by atoms with Crippen LogP contribution in [0.25, 0.3) is 0 Å². The number of rotatable bonds is 6. The highest BCUT2D eigenvalue weighted by atomic mass is 16.6. The Kier molecular flexibility index (Phi) is 6.60. The molecular weight excluding hydrogens is 330 g/mol. The van der Waals surface area contributed by atoms with Gasteiger partial charge in [-0.05, 0) is 45.0 Å². The molecule has 26 heavy (non-hydrogen) atoms. The Bertz CT molecular complexity index is 739. The minimum atomic E-state index is -0.561. The van der Waals surface area contributed by atoms with E-state index in [0.29, 0.717) is 5.69 Å². The zero-order valence-corrected chi connectivity index (χ0v) is 15.3. The van der Waals surface area contributed by atoms with E-state index in [-0.39, 0.29) is 18.9 Å². The second-order valence-corrected chi connectivity index (χ2v) is 6.76. The lowest BCUT2D eigenvalue weighted by atomic mass is 10.2. The van der Waals surface area contributed by atoms with Gasteiger partial charge in [-0.25, -0.2) is 4.79 Å². The molecule has 2 aromatic carbocycles. The maximum absolute atomic E-state index is 12.2. The van der Waals surface area contributed by atoms with E-state index in [1.54, 1.807) is 20.8 Å². The molecule has 6 heteroatoms. The molecule has 0 heterocycles. The molecular formula is C20H25N3O3. The summed E-state index contributed by atoms with van der Waals surface area (Å²) in [5.74, 6) is -0.191. The Morgan fingerprint density at radius 2 is 1.54 bits per heavy atom. The number of amides is 2. The molecule has 0 spiro atoms. The van der Waals surface area contributed by atoms with Gasteiger partial charge in [-0.15, -0.1) is 0 Å². The predicted octanol–water partition coefficient (Wildman–Crippen LogP) is 4.28. The van der Waals surface area contributed by atoms with Gasteiger partial charge >= 0.3 is 6.09 Å². The van der Waals surface area contributed by atoms with Gasteiger partial charge in [0.2, 0.25) is 5.91 Å². The molecule has 0 fully saturated rings. The van der Waals surface area contributed by atoms with E-state index in [0.717, 1.165) is 11.4 Å². The van der Waals surface area contributed by atoms with Crippen molar-refractivity contribution in [3.63, 3.8) is 0 Å². The normalized spacial score (nSPS) is 10.7.